The number of primary amides is 1. The zero-order valence-electron chi connectivity index (χ0n) is 23.2. The zero-order chi connectivity index (χ0) is 30.6. The molecule has 5 N–H and O–H groups in total. The fourth-order valence-corrected chi connectivity index (χ4v) is 6.61. The molecule has 2 fully saturated rings. The van der Waals surface area contributed by atoms with Gasteiger partial charge in [-0.05, 0) is 67.5 Å². The van der Waals surface area contributed by atoms with Gasteiger partial charge in [0.25, 0.3) is 0 Å². The fraction of sp³-hybridized carbons (Fsp3) is 0.367. The molecule has 2 aromatic rings. The van der Waals surface area contributed by atoms with Crippen LogP contribution >= 0.6 is 0 Å². The lowest BCUT2D eigenvalue weighted by Gasteiger charge is -2.44. The Morgan fingerprint density at radius 2 is 1.57 bits per heavy atom. The summed E-state index contributed by atoms with van der Waals surface area (Å²) >= 11 is 0. The molecular formula is C30H30N4O8. The largest absolute Gasteiger partial charge is 0.505 e. The minimum atomic E-state index is -1.71. The van der Waals surface area contributed by atoms with Crippen molar-refractivity contribution in [1.29, 1.82) is 0 Å². The van der Waals surface area contributed by atoms with E-state index in [0.29, 0.717) is 22.5 Å². The summed E-state index contributed by atoms with van der Waals surface area (Å²) in [5, 5.41) is 16.4. The number of phenolic OH excluding ortho intramolecular Hbond substituents is 1. The maximum Gasteiger partial charge on any atom is 0.323 e. The molecule has 0 saturated heterocycles. The Hall–Kier alpha value is -4.87. The van der Waals surface area contributed by atoms with Crippen molar-refractivity contribution in [2.45, 2.75) is 26.2 Å². The Balaban J connectivity index is 1.47. The van der Waals surface area contributed by atoms with E-state index in [1.54, 1.807) is 43.3 Å². The van der Waals surface area contributed by atoms with Crippen molar-refractivity contribution in [1.82, 2.24) is 0 Å². The number of amides is 3. The van der Waals surface area contributed by atoms with Crippen molar-refractivity contribution in [2.24, 2.45) is 35.3 Å². The summed E-state index contributed by atoms with van der Waals surface area (Å²) in [6.07, 6.45) is 0.313. The number of benzene rings is 2. The molecule has 5 rings (SSSR count). The molecule has 0 heterocycles. The minimum Gasteiger partial charge on any atom is -0.505 e. The summed E-state index contributed by atoms with van der Waals surface area (Å²) in [7, 11) is 3.46. The number of phenols is 1. The lowest BCUT2D eigenvalue weighted by molar-refractivity contribution is -0.152. The van der Waals surface area contributed by atoms with Crippen molar-refractivity contribution >= 4 is 57.9 Å². The highest BCUT2D eigenvalue weighted by Crippen LogP contribution is 2.51. The van der Waals surface area contributed by atoms with Crippen LogP contribution in [0, 0.1) is 29.6 Å². The van der Waals surface area contributed by atoms with Gasteiger partial charge < -0.3 is 26.4 Å². The predicted molar refractivity (Wildman–Crippen MR) is 150 cm³/mol. The van der Waals surface area contributed by atoms with Crippen LogP contribution in [-0.2, 0) is 25.6 Å². The Labute approximate surface area is 240 Å². The van der Waals surface area contributed by atoms with Gasteiger partial charge in [-0.2, -0.15) is 0 Å². The molecule has 218 valence electrons. The highest BCUT2D eigenvalue weighted by Gasteiger charge is 2.57. The van der Waals surface area contributed by atoms with E-state index in [1.165, 1.54) is 13.0 Å². The SMILES string of the molecule is CC(=O)c1ccc(NC(=O)Nc2cc(N(C)C)c3c(c2O)C(=O)C2C(=O)C4C(=O)C(C(N)=O)C(=O)CC4CC2C3)cc1. The van der Waals surface area contributed by atoms with Gasteiger partial charge in [0.1, 0.15) is 5.75 Å². The Kier molecular flexibility index (Phi) is 7.17. The van der Waals surface area contributed by atoms with E-state index < -0.39 is 70.4 Å². The highest BCUT2D eigenvalue weighted by molar-refractivity contribution is 6.28. The molecule has 42 heavy (non-hydrogen) atoms. The Bertz CT molecular complexity index is 1580. The standard InChI is InChI=1S/C30H30N4O8/c1-12(35)13-4-6-16(7-5-13)32-30(42)33-18-11-19(34(2)3)17-9-14-8-15-10-20(36)24(29(31)41)28(40)22(15)26(38)21(14)27(39)23(17)25(18)37/h4-7,11,14-15,21-22,24,37H,8-10H2,1-3H3,(H2,31,41)(H2,32,33,42). The summed E-state index contributed by atoms with van der Waals surface area (Å²) < 4.78 is 0. The van der Waals surface area contributed by atoms with Crippen LogP contribution in [0.2, 0.25) is 0 Å². The second-order valence-corrected chi connectivity index (χ2v) is 11.3. The van der Waals surface area contributed by atoms with Gasteiger partial charge in [-0.1, -0.05) is 0 Å². The molecule has 0 aliphatic heterocycles. The van der Waals surface area contributed by atoms with Gasteiger partial charge in [0, 0.05) is 37.5 Å². The fourth-order valence-electron chi connectivity index (χ4n) is 6.61. The number of carbonyl (C=O) groups is 7. The van der Waals surface area contributed by atoms with E-state index in [0.717, 1.165) is 0 Å². The lowest BCUT2D eigenvalue weighted by atomic mass is 9.56. The van der Waals surface area contributed by atoms with Crippen LogP contribution in [-0.4, -0.2) is 60.1 Å². The maximum absolute atomic E-state index is 13.9. The number of nitrogens with two attached hydrogens (primary N) is 1. The van der Waals surface area contributed by atoms with Crippen molar-refractivity contribution in [3.63, 3.8) is 0 Å². The number of nitrogens with zero attached hydrogens (tertiary/aromatic N) is 1. The molecule has 3 aliphatic carbocycles. The van der Waals surface area contributed by atoms with Gasteiger partial charge >= 0.3 is 6.03 Å². The number of hydrogen-bond donors (Lipinski definition) is 4. The highest BCUT2D eigenvalue weighted by atomic mass is 16.3. The lowest BCUT2D eigenvalue weighted by Crippen LogP contribution is -2.56. The summed E-state index contributed by atoms with van der Waals surface area (Å²) in [5.41, 5.74) is 6.96. The smallest absolute Gasteiger partial charge is 0.323 e. The first-order valence-electron chi connectivity index (χ1n) is 13.5. The molecule has 0 spiro atoms. The summed E-state index contributed by atoms with van der Waals surface area (Å²) in [4.78, 5) is 91.0. The minimum absolute atomic E-state index is 0.0728. The quantitative estimate of drug-likeness (QED) is 0.235. The van der Waals surface area contributed by atoms with Gasteiger partial charge in [-0.3, -0.25) is 28.8 Å². The summed E-state index contributed by atoms with van der Waals surface area (Å²) in [6.45, 7) is 1.42. The van der Waals surface area contributed by atoms with Crippen LogP contribution in [0.3, 0.4) is 0 Å². The number of rotatable bonds is 5. The molecule has 0 bridgehead atoms. The second-order valence-electron chi connectivity index (χ2n) is 11.3. The molecule has 3 amide bonds. The van der Waals surface area contributed by atoms with Crippen LogP contribution in [0.25, 0.3) is 0 Å². The van der Waals surface area contributed by atoms with E-state index in [9.17, 15) is 38.7 Å². The molecule has 12 nitrogen and oxygen atoms in total. The van der Waals surface area contributed by atoms with Crippen LogP contribution < -0.4 is 21.3 Å². The first kappa shape index (κ1) is 28.7. The van der Waals surface area contributed by atoms with Gasteiger partial charge in [0.2, 0.25) is 5.91 Å². The van der Waals surface area contributed by atoms with E-state index in [4.69, 9.17) is 5.73 Å². The number of urea groups is 1. The van der Waals surface area contributed by atoms with E-state index in [2.05, 4.69) is 10.6 Å². The van der Waals surface area contributed by atoms with E-state index in [1.807, 2.05) is 0 Å². The van der Waals surface area contributed by atoms with Crippen molar-refractivity contribution < 1.29 is 38.7 Å². The number of hydrogen-bond acceptors (Lipinski definition) is 9. The Morgan fingerprint density at radius 1 is 0.929 bits per heavy atom. The third-order valence-corrected chi connectivity index (χ3v) is 8.48. The molecule has 12 heteroatoms. The number of Topliss-reactive ketones (excluding diaryl/α,β-unsaturated/α-hetero) is 5. The summed E-state index contributed by atoms with van der Waals surface area (Å²) in [5.74, 6) is -10.0. The van der Waals surface area contributed by atoms with Gasteiger partial charge in [0.15, 0.2) is 34.8 Å². The molecule has 2 aromatic carbocycles. The molecule has 2 saturated carbocycles. The molecule has 0 radical (unpaired) electrons. The average molecular weight is 575 g/mol. The molecule has 5 atom stereocenters. The number of anilines is 3. The average Bonchev–Trinajstić information content (AvgIpc) is 2.89. The number of ketones is 5. The third-order valence-electron chi connectivity index (χ3n) is 8.48. The first-order valence-corrected chi connectivity index (χ1v) is 13.5. The van der Waals surface area contributed by atoms with Gasteiger partial charge in [-0.25, -0.2) is 4.79 Å². The topological polar surface area (TPSA) is 193 Å². The molecule has 5 unspecified atom stereocenters. The van der Waals surface area contributed by atoms with E-state index >= 15 is 0 Å². The summed E-state index contributed by atoms with van der Waals surface area (Å²) in [6, 6.07) is 7.00. The van der Waals surface area contributed by atoms with Crippen molar-refractivity contribution in [3.05, 3.63) is 47.0 Å². The molecule has 3 aliphatic rings. The van der Waals surface area contributed by atoms with Crippen LogP contribution in [0.5, 0.6) is 5.75 Å². The van der Waals surface area contributed by atoms with Crippen LogP contribution in [0.1, 0.15) is 46.0 Å². The second kappa shape index (κ2) is 10.5. The third kappa shape index (κ3) is 4.72. The predicted octanol–water partition coefficient (Wildman–Crippen LogP) is 2.12. The maximum atomic E-state index is 13.9. The monoisotopic (exact) mass is 574 g/mol. The molecular weight excluding hydrogens is 544 g/mol. The molecule has 0 aromatic heterocycles. The zero-order valence-corrected chi connectivity index (χ0v) is 23.2. The van der Waals surface area contributed by atoms with Crippen LogP contribution in [0.4, 0.5) is 21.9 Å². The van der Waals surface area contributed by atoms with Crippen molar-refractivity contribution in [3.8, 4) is 5.75 Å². The normalized spacial score (nSPS) is 24.7. The number of aromatic hydroxyl groups is 1. The number of nitrogens with one attached hydrogen (secondary N) is 2. The number of carbonyl (C=O) groups excluding carboxylic acids is 7. The number of fused-ring (bicyclic) bond motifs is 3. The van der Waals surface area contributed by atoms with E-state index in [-0.39, 0.29) is 36.3 Å². The van der Waals surface area contributed by atoms with Crippen molar-refractivity contribution in [2.75, 3.05) is 29.6 Å². The van der Waals surface area contributed by atoms with Gasteiger partial charge in [0.05, 0.1) is 23.1 Å². The Morgan fingerprint density at radius 3 is 2.17 bits per heavy atom. The van der Waals surface area contributed by atoms with Gasteiger partial charge in [-0.15, -0.1) is 0 Å². The van der Waals surface area contributed by atoms with Crippen LogP contribution in [0.15, 0.2) is 30.3 Å². The first-order chi connectivity index (χ1) is 19.8.